The first-order chi connectivity index (χ1) is 19.7. The van der Waals surface area contributed by atoms with E-state index in [1.165, 1.54) is 21.8 Å². The molecule has 1 atom stereocenters. The summed E-state index contributed by atoms with van der Waals surface area (Å²) >= 11 is 0. The molecule has 0 aliphatic carbocycles. The second-order valence-corrected chi connectivity index (χ2v) is 8.96. The molecule has 3 aromatic rings. The minimum absolute atomic E-state index is 0.0271. The first kappa shape index (κ1) is 30.7. The largest absolute Gasteiger partial charge is 0.482 e. The van der Waals surface area contributed by atoms with Crippen LogP contribution in [0.25, 0.3) is 0 Å². The van der Waals surface area contributed by atoms with Crippen LogP contribution in [-0.4, -0.2) is 47.8 Å². The zero-order valence-corrected chi connectivity index (χ0v) is 22.8. The Labute approximate surface area is 235 Å². The zero-order valence-electron chi connectivity index (χ0n) is 22.8. The average molecular weight is 569 g/mol. The molecule has 8 nitrogen and oxygen atoms in total. The van der Waals surface area contributed by atoms with Crippen LogP contribution in [0.4, 0.5) is 13.2 Å². The van der Waals surface area contributed by atoms with Crippen molar-refractivity contribution in [1.29, 1.82) is 0 Å². The van der Waals surface area contributed by atoms with Gasteiger partial charge in [0.1, 0.15) is 30.5 Å². The maximum Gasteiger partial charge on any atom is 0.278 e. The Bertz CT molecular complexity index is 1480. The van der Waals surface area contributed by atoms with Crippen molar-refractivity contribution in [3.63, 3.8) is 0 Å². The summed E-state index contributed by atoms with van der Waals surface area (Å²) in [5, 5.41) is 4.25. The molecule has 1 unspecified atom stereocenters. The SMILES string of the molecule is C=CCN1CN(C(C)C=C)n2cc(C(=O)NCc3ccc(F)cc3F)c(=O)c(OCc3ccccc3)c2C1=O.CF. The lowest BCUT2D eigenvalue weighted by atomic mass is 10.1. The van der Waals surface area contributed by atoms with Gasteiger partial charge < -0.3 is 15.0 Å². The molecule has 2 amide bonds. The van der Waals surface area contributed by atoms with Gasteiger partial charge in [-0.3, -0.25) is 28.5 Å². The van der Waals surface area contributed by atoms with Gasteiger partial charge in [-0.05, 0) is 18.6 Å². The van der Waals surface area contributed by atoms with Crippen molar-refractivity contribution >= 4 is 11.8 Å². The van der Waals surface area contributed by atoms with Crippen molar-refractivity contribution in [2.45, 2.75) is 26.1 Å². The summed E-state index contributed by atoms with van der Waals surface area (Å²) in [5.41, 5.74) is -0.357. The number of hydrogen-bond donors (Lipinski definition) is 1. The first-order valence-corrected chi connectivity index (χ1v) is 12.6. The second kappa shape index (κ2) is 14.0. The zero-order chi connectivity index (χ0) is 30.1. The summed E-state index contributed by atoms with van der Waals surface area (Å²) in [6, 6.07) is 11.7. The van der Waals surface area contributed by atoms with Gasteiger partial charge in [-0.15, -0.1) is 13.2 Å². The molecule has 216 valence electrons. The molecule has 0 radical (unpaired) electrons. The van der Waals surface area contributed by atoms with Crippen LogP contribution in [0.1, 0.15) is 38.9 Å². The summed E-state index contributed by atoms with van der Waals surface area (Å²) in [7, 11) is 0.500. The van der Waals surface area contributed by atoms with Gasteiger partial charge in [0.25, 0.3) is 11.8 Å². The van der Waals surface area contributed by atoms with Gasteiger partial charge >= 0.3 is 0 Å². The predicted molar refractivity (Wildman–Crippen MR) is 150 cm³/mol. The van der Waals surface area contributed by atoms with Crippen LogP contribution in [0, 0.1) is 11.6 Å². The monoisotopic (exact) mass is 568 g/mol. The van der Waals surface area contributed by atoms with Gasteiger partial charge in [0.15, 0.2) is 11.4 Å². The summed E-state index contributed by atoms with van der Waals surface area (Å²) in [4.78, 5) is 41.8. The molecular weight excluding hydrogens is 537 g/mol. The Morgan fingerprint density at radius 2 is 1.83 bits per heavy atom. The number of carbonyl (C=O) groups excluding carboxylic acids is 2. The number of amides is 2. The van der Waals surface area contributed by atoms with Gasteiger partial charge in [0.2, 0.25) is 5.43 Å². The van der Waals surface area contributed by atoms with Gasteiger partial charge in [0, 0.05) is 30.9 Å². The number of benzene rings is 2. The molecule has 1 aliphatic rings. The minimum atomic E-state index is -0.830. The molecule has 1 aromatic heterocycles. The van der Waals surface area contributed by atoms with Crippen LogP contribution in [0.3, 0.4) is 0 Å². The maximum atomic E-state index is 14.1. The number of hydrogen-bond acceptors (Lipinski definition) is 5. The van der Waals surface area contributed by atoms with E-state index in [0.29, 0.717) is 13.2 Å². The molecule has 0 saturated carbocycles. The fourth-order valence-corrected chi connectivity index (χ4v) is 4.14. The third-order valence-electron chi connectivity index (χ3n) is 6.31. The molecule has 1 aliphatic heterocycles. The molecule has 11 heteroatoms. The first-order valence-electron chi connectivity index (χ1n) is 12.6. The van der Waals surface area contributed by atoms with E-state index in [0.717, 1.165) is 11.6 Å². The molecule has 0 saturated heterocycles. The van der Waals surface area contributed by atoms with Crippen LogP contribution >= 0.6 is 0 Å². The van der Waals surface area contributed by atoms with Crippen molar-refractivity contribution in [2.75, 3.05) is 25.4 Å². The summed E-state index contributed by atoms with van der Waals surface area (Å²) in [5.74, 6) is -3.15. The van der Waals surface area contributed by atoms with Crippen molar-refractivity contribution in [3.8, 4) is 5.75 Å². The number of ether oxygens (including phenoxy) is 1. The lowest BCUT2D eigenvalue weighted by Gasteiger charge is -2.42. The molecule has 4 rings (SSSR count). The lowest BCUT2D eigenvalue weighted by Crippen LogP contribution is -2.57. The van der Waals surface area contributed by atoms with Gasteiger partial charge in [-0.1, -0.05) is 48.6 Å². The maximum absolute atomic E-state index is 14.1. The molecule has 0 bridgehead atoms. The van der Waals surface area contributed by atoms with Crippen LogP contribution in [0.5, 0.6) is 5.75 Å². The fraction of sp³-hybridized carbons (Fsp3) is 0.233. The van der Waals surface area contributed by atoms with E-state index in [9.17, 15) is 27.6 Å². The number of rotatable bonds is 10. The van der Waals surface area contributed by atoms with E-state index < -0.39 is 28.9 Å². The van der Waals surface area contributed by atoms with E-state index in [1.807, 2.05) is 25.1 Å². The van der Waals surface area contributed by atoms with Gasteiger partial charge in [-0.2, -0.15) is 0 Å². The minimum Gasteiger partial charge on any atom is -0.482 e. The summed E-state index contributed by atoms with van der Waals surface area (Å²) in [6.45, 7) is 9.43. The molecule has 2 heterocycles. The van der Waals surface area contributed by atoms with Crippen molar-refractivity contribution < 1.29 is 27.5 Å². The van der Waals surface area contributed by atoms with Crippen molar-refractivity contribution in [3.05, 3.63) is 124 Å². The molecular formula is C30H31F3N4O4. The Morgan fingerprint density at radius 3 is 2.46 bits per heavy atom. The van der Waals surface area contributed by atoms with E-state index in [4.69, 9.17) is 4.74 Å². The van der Waals surface area contributed by atoms with E-state index >= 15 is 0 Å². The average Bonchev–Trinajstić information content (AvgIpc) is 2.98. The number of nitrogens with zero attached hydrogens (tertiary/aromatic N) is 3. The highest BCUT2D eigenvalue weighted by atomic mass is 19.1. The summed E-state index contributed by atoms with van der Waals surface area (Å²) < 4.78 is 44.2. The third-order valence-corrected chi connectivity index (χ3v) is 6.31. The number of nitrogens with one attached hydrogen (secondary N) is 1. The van der Waals surface area contributed by atoms with Gasteiger partial charge in [0.05, 0.1) is 13.2 Å². The van der Waals surface area contributed by atoms with E-state index in [2.05, 4.69) is 18.5 Å². The number of aromatic nitrogens is 1. The number of pyridine rings is 1. The topological polar surface area (TPSA) is 83.9 Å². The Morgan fingerprint density at radius 1 is 1.12 bits per heavy atom. The molecule has 0 fully saturated rings. The molecule has 0 spiro atoms. The lowest BCUT2D eigenvalue weighted by molar-refractivity contribution is 0.0699. The van der Waals surface area contributed by atoms with Crippen LogP contribution in [-0.2, 0) is 13.2 Å². The van der Waals surface area contributed by atoms with Crippen LogP contribution in [0.15, 0.2) is 84.8 Å². The normalized spacial score (nSPS) is 13.0. The quantitative estimate of drug-likeness (QED) is 0.368. The predicted octanol–water partition coefficient (Wildman–Crippen LogP) is 4.33. The van der Waals surface area contributed by atoms with Gasteiger partial charge in [-0.25, -0.2) is 8.78 Å². The number of halogens is 3. The van der Waals surface area contributed by atoms with E-state index in [1.54, 1.807) is 29.3 Å². The second-order valence-electron chi connectivity index (χ2n) is 8.96. The highest BCUT2D eigenvalue weighted by Gasteiger charge is 2.36. The Hall–Kier alpha value is -4.80. The van der Waals surface area contributed by atoms with Crippen molar-refractivity contribution in [1.82, 2.24) is 14.9 Å². The summed E-state index contributed by atoms with van der Waals surface area (Å²) in [6.07, 6.45) is 4.50. The highest BCUT2D eigenvalue weighted by Crippen LogP contribution is 2.25. The van der Waals surface area contributed by atoms with Crippen molar-refractivity contribution in [2.24, 2.45) is 0 Å². The molecule has 1 N–H and O–H groups in total. The Kier molecular flexibility index (Phi) is 10.5. The number of carbonyl (C=O) groups is 2. The number of fused-ring (bicyclic) bond motifs is 1. The molecule has 2 aromatic carbocycles. The smallest absolute Gasteiger partial charge is 0.278 e. The standard InChI is InChI=1S/C29H28F2N4O4.CH3F/c1-4-13-33-18-35(19(3)5-2)34-16-23(28(37)32-15-21-11-12-22(30)14-24(21)31)26(36)27(25(34)29(33)38)39-17-20-9-7-6-8-10-20;1-2/h4-12,14,16,19H,1-2,13,15,17-18H2,3H3,(H,32,37);1H3. The fourth-order valence-electron chi connectivity index (χ4n) is 4.14. The number of alkyl halides is 1. The van der Waals surface area contributed by atoms with E-state index in [-0.39, 0.29) is 55.0 Å². The highest BCUT2D eigenvalue weighted by molar-refractivity contribution is 5.99. The molecule has 41 heavy (non-hydrogen) atoms. The third kappa shape index (κ3) is 6.86. The van der Waals surface area contributed by atoms with Crippen LogP contribution in [0.2, 0.25) is 0 Å². The Balaban J connectivity index is 0.00000226. The van der Waals surface area contributed by atoms with Crippen LogP contribution < -0.4 is 20.5 Å².